The average molecular weight is 489 g/mol. The van der Waals surface area contributed by atoms with Crippen molar-refractivity contribution < 1.29 is 24.1 Å². The Labute approximate surface area is 213 Å². The molecule has 0 heterocycles. The lowest BCUT2D eigenvalue weighted by Gasteiger charge is -2.13. The van der Waals surface area contributed by atoms with Gasteiger partial charge in [-0.25, -0.2) is 4.79 Å². The first kappa shape index (κ1) is 31.2. The number of rotatable bonds is 22. The van der Waals surface area contributed by atoms with E-state index >= 15 is 0 Å². The van der Waals surface area contributed by atoms with E-state index < -0.39 is 6.29 Å². The Morgan fingerprint density at radius 1 is 0.771 bits per heavy atom. The smallest absolute Gasteiger partial charge is 0.338 e. The number of benzene rings is 1. The van der Waals surface area contributed by atoms with Crippen molar-refractivity contribution in [2.45, 2.75) is 110 Å². The molecule has 1 atom stereocenters. The van der Waals surface area contributed by atoms with Gasteiger partial charge in [0.05, 0.1) is 25.4 Å². The Morgan fingerprint density at radius 2 is 1.34 bits per heavy atom. The summed E-state index contributed by atoms with van der Waals surface area (Å²) in [6.45, 7) is 3.81. The summed E-state index contributed by atoms with van der Waals surface area (Å²) in [5.41, 5.74) is 0.567. The van der Waals surface area contributed by atoms with Gasteiger partial charge in [0, 0.05) is 13.0 Å². The van der Waals surface area contributed by atoms with Gasteiger partial charge in [0.15, 0.2) is 0 Å². The largest absolute Gasteiger partial charge is 0.462 e. The molecule has 198 valence electrons. The summed E-state index contributed by atoms with van der Waals surface area (Å²) in [5.74, 6) is 6.04. The van der Waals surface area contributed by atoms with E-state index in [9.17, 15) is 4.79 Å². The molecule has 1 unspecified atom stereocenters. The minimum Gasteiger partial charge on any atom is -0.462 e. The second-order valence-electron chi connectivity index (χ2n) is 8.97. The fourth-order valence-electron chi connectivity index (χ4n) is 3.61. The quantitative estimate of drug-likeness (QED) is 0.0818. The van der Waals surface area contributed by atoms with Crippen LogP contribution in [0.4, 0.5) is 0 Å². The molecule has 0 saturated carbocycles. The van der Waals surface area contributed by atoms with Crippen molar-refractivity contribution in [3.63, 3.8) is 0 Å². The summed E-state index contributed by atoms with van der Waals surface area (Å²) in [5, 5.41) is 8.94. The van der Waals surface area contributed by atoms with E-state index in [1.165, 1.54) is 57.8 Å². The number of aliphatic hydroxyl groups excluding tert-OH is 1. The summed E-state index contributed by atoms with van der Waals surface area (Å²) in [6.07, 6.45) is 16.5. The predicted molar refractivity (Wildman–Crippen MR) is 142 cm³/mol. The first-order chi connectivity index (χ1) is 17.3. The summed E-state index contributed by atoms with van der Waals surface area (Å²) >= 11 is 0. The fourth-order valence-corrected chi connectivity index (χ4v) is 3.61. The normalized spacial score (nSPS) is 11.6. The third kappa shape index (κ3) is 19.0. The standard InChI is InChI=1S/C30H48O5/c1-2-3-4-5-6-7-8-9-10-11-12-16-23-29(33-25-18-17-24-31)34-26-19-20-27-35-30(32)28-21-14-13-15-22-28/h13-15,21-22,29,31H,2-12,17-20,24-27H2,1H3. The second-order valence-corrected chi connectivity index (χ2v) is 8.97. The van der Waals surface area contributed by atoms with Crippen LogP contribution < -0.4 is 0 Å². The highest BCUT2D eigenvalue weighted by Crippen LogP contribution is 2.11. The topological polar surface area (TPSA) is 65.0 Å². The molecule has 0 aliphatic rings. The summed E-state index contributed by atoms with van der Waals surface area (Å²) in [6, 6.07) is 9.01. The van der Waals surface area contributed by atoms with Crippen molar-refractivity contribution in [3.8, 4) is 11.8 Å². The lowest BCUT2D eigenvalue weighted by atomic mass is 10.1. The molecular weight excluding hydrogens is 440 g/mol. The zero-order valence-electron chi connectivity index (χ0n) is 22.0. The molecule has 0 fully saturated rings. The van der Waals surface area contributed by atoms with Gasteiger partial charge in [0.2, 0.25) is 6.29 Å². The maximum Gasteiger partial charge on any atom is 0.338 e. The maximum absolute atomic E-state index is 11.9. The molecule has 0 spiro atoms. The van der Waals surface area contributed by atoms with E-state index in [2.05, 4.69) is 18.8 Å². The molecule has 0 saturated heterocycles. The number of aliphatic hydroxyl groups is 1. The van der Waals surface area contributed by atoms with Gasteiger partial charge in [-0.1, -0.05) is 88.8 Å². The minimum absolute atomic E-state index is 0.168. The van der Waals surface area contributed by atoms with Crippen molar-refractivity contribution in [1.82, 2.24) is 0 Å². The van der Waals surface area contributed by atoms with Gasteiger partial charge in [-0.3, -0.25) is 0 Å². The molecule has 1 aromatic carbocycles. The Morgan fingerprint density at radius 3 is 1.97 bits per heavy atom. The van der Waals surface area contributed by atoms with Crippen LogP contribution in [-0.4, -0.2) is 43.8 Å². The van der Waals surface area contributed by atoms with Crippen molar-refractivity contribution in [1.29, 1.82) is 0 Å². The van der Waals surface area contributed by atoms with E-state index in [0.29, 0.717) is 31.8 Å². The predicted octanol–water partition coefficient (Wildman–Crippen LogP) is 7.07. The van der Waals surface area contributed by atoms with E-state index in [4.69, 9.17) is 19.3 Å². The number of carbonyl (C=O) groups is 1. The molecule has 35 heavy (non-hydrogen) atoms. The van der Waals surface area contributed by atoms with Crippen molar-refractivity contribution in [3.05, 3.63) is 35.9 Å². The van der Waals surface area contributed by atoms with Gasteiger partial charge in [-0.15, -0.1) is 0 Å². The molecule has 5 nitrogen and oxygen atoms in total. The van der Waals surface area contributed by atoms with E-state index in [-0.39, 0.29) is 12.6 Å². The number of ether oxygens (including phenoxy) is 3. The molecule has 1 rings (SSSR count). The highest BCUT2D eigenvalue weighted by atomic mass is 16.7. The number of unbranched alkanes of at least 4 members (excludes halogenated alkanes) is 12. The lowest BCUT2D eigenvalue weighted by Crippen LogP contribution is -2.17. The van der Waals surface area contributed by atoms with Crippen molar-refractivity contribution in [2.24, 2.45) is 0 Å². The molecule has 1 aromatic rings. The van der Waals surface area contributed by atoms with Crippen molar-refractivity contribution >= 4 is 5.97 Å². The van der Waals surface area contributed by atoms with Crippen LogP contribution in [0.3, 0.4) is 0 Å². The molecule has 0 aromatic heterocycles. The Balaban J connectivity index is 2.15. The highest BCUT2D eigenvalue weighted by molar-refractivity contribution is 5.89. The van der Waals surface area contributed by atoms with Crippen LogP contribution in [0.2, 0.25) is 0 Å². The SMILES string of the molecule is CCCCCCCCCCCCC#CC(OCCCCO)OCCCCOC(=O)c1ccccc1. The minimum atomic E-state index is -0.538. The lowest BCUT2D eigenvalue weighted by molar-refractivity contribution is -0.107. The molecule has 0 aliphatic heterocycles. The van der Waals surface area contributed by atoms with Crippen LogP contribution in [0.25, 0.3) is 0 Å². The monoisotopic (exact) mass is 488 g/mol. The Hall–Kier alpha value is -1.87. The van der Waals surface area contributed by atoms with Gasteiger partial charge in [-0.2, -0.15) is 0 Å². The van der Waals surface area contributed by atoms with Crippen LogP contribution >= 0.6 is 0 Å². The van der Waals surface area contributed by atoms with Gasteiger partial charge < -0.3 is 19.3 Å². The zero-order chi connectivity index (χ0) is 25.2. The molecule has 5 heteroatoms. The third-order valence-electron chi connectivity index (χ3n) is 5.75. The van der Waals surface area contributed by atoms with Crippen LogP contribution in [0, 0.1) is 11.8 Å². The summed E-state index contributed by atoms with van der Waals surface area (Å²) in [7, 11) is 0. The third-order valence-corrected chi connectivity index (χ3v) is 5.75. The van der Waals surface area contributed by atoms with Crippen LogP contribution in [-0.2, 0) is 14.2 Å². The molecule has 0 bridgehead atoms. The van der Waals surface area contributed by atoms with Gasteiger partial charge in [0.1, 0.15) is 0 Å². The highest BCUT2D eigenvalue weighted by Gasteiger charge is 2.07. The molecular formula is C30H48O5. The van der Waals surface area contributed by atoms with Crippen LogP contribution in [0.15, 0.2) is 30.3 Å². The van der Waals surface area contributed by atoms with Gasteiger partial charge in [-0.05, 0) is 50.2 Å². The van der Waals surface area contributed by atoms with E-state index in [0.717, 1.165) is 32.1 Å². The van der Waals surface area contributed by atoms with Crippen molar-refractivity contribution in [2.75, 3.05) is 26.4 Å². The zero-order valence-corrected chi connectivity index (χ0v) is 22.0. The molecule has 1 N–H and O–H groups in total. The number of hydrogen-bond donors (Lipinski definition) is 1. The van der Waals surface area contributed by atoms with Gasteiger partial charge >= 0.3 is 5.97 Å². The van der Waals surface area contributed by atoms with E-state index in [1.54, 1.807) is 12.1 Å². The number of carbonyl (C=O) groups excluding carboxylic acids is 1. The fraction of sp³-hybridized carbons (Fsp3) is 0.700. The maximum atomic E-state index is 11.9. The first-order valence-corrected chi connectivity index (χ1v) is 13.8. The number of esters is 1. The second kappa shape index (κ2) is 23.9. The summed E-state index contributed by atoms with van der Waals surface area (Å²) in [4.78, 5) is 11.9. The summed E-state index contributed by atoms with van der Waals surface area (Å²) < 4.78 is 16.9. The van der Waals surface area contributed by atoms with E-state index in [1.807, 2.05) is 18.2 Å². The van der Waals surface area contributed by atoms with Crippen LogP contribution in [0.5, 0.6) is 0 Å². The average Bonchev–Trinajstić information content (AvgIpc) is 2.89. The van der Waals surface area contributed by atoms with Crippen LogP contribution in [0.1, 0.15) is 114 Å². The Kier molecular flexibility index (Phi) is 21.2. The number of hydrogen-bond acceptors (Lipinski definition) is 5. The Bertz CT molecular complexity index is 664. The first-order valence-electron chi connectivity index (χ1n) is 13.8. The van der Waals surface area contributed by atoms with Gasteiger partial charge in [0.25, 0.3) is 0 Å². The molecule has 0 amide bonds. The molecule has 0 radical (unpaired) electrons. The molecule has 0 aliphatic carbocycles.